The van der Waals surface area contributed by atoms with Gasteiger partial charge in [0.2, 0.25) is 0 Å². The first kappa shape index (κ1) is 18.4. The van der Waals surface area contributed by atoms with Crippen LogP contribution < -0.4 is 10.6 Å². The van der Waals surface area contributed by atoms with Crippen molar-refractivity contribution in [2.24, 2.45) is 0 Å². The van der Waals surface area contributed by atoms with Crippen LogP contribution in [0, 0.1) is 44.7 Å². The number of aryl methyl sites for hydroxylation is 2. The summed E-state index contributed by atoms with van der Waals surface area (Å²) in [7, 11) is -0.597. The first-order chi connectivity index (χ1) is 13.1. The van der Waals surface area contributed by atoms with E-state index in [0.717, 1.165) is 5.69 Å². The van der Waals surface area contributed by atoms with Crippen LogP contribution in [0.15, 0.2) is 66.7 Å². The highest BCUT2D eigenvalue weighted by Crippen LogP contribution is 2.58. The van der Waals surface area contributed by atoms with Crippen LogP contribution >= 0.6 is 7.92 Å². The summed E-state index contributed by atoms with van der Waals surface area (Å²) in [5, 5.41) is 7.50. The fraction of sp³-hybridized carbons (Fsp3) is 0.167. The third kappa shape index (κ3) is 3.73. The largest absolute Gasteiger partial charge is 0.266 e. The maximum atomic E-state index is 4.74. The van der Waals surface area contributed by atoms with Gasteiger partial charge in [0, 0.05) is 17.3 Å². The lowest BCUT2D eigenvalue weighted by molar-refractivity contribution is 0.508. The average molecular weight is 371 g/mol. The van der Waals surface area contributed by atoms with Gasteiger partial charge in [-0.05, 0) is 64.6 Å². The van der Waals surface area contributed by atoms with Gasteiger partial charge in [-0.1, -0.05) is 60.7 Å². The van der Waals surface area contributed by atoms with Crippen LogP contribution in [0.3, 0.4) is 0 Å². The maximum Gasteiger partial charge on any atom is 0.0596 e. The van der Waals surface area contributed by atoms with Gasteiger partial charge in [0.25, 0.3) is 0 Å². The van der Waals surface area contributed by atoms with E-state index in [4.69, 9.17) is 5.10 Å². The maximum absolute atomic E-state index is 4.74. The lowest BCUT2D eigenvalue weighted by Gasteiger charge is -2.32. The highest BCUT2D eigenvalue weighted by Gasteiger charge is 2.40. The molecular formula is C24H24N2P. The Balaban J connectivity index is 1.72. The molecule has 1 saturated carbocycles. The van der Waals surface area contributed by atoms with Gasteiger partial charge in [-0.2, -0.15) is 5.10 Å². The lowest BCUT2D eigenvalue weighted by Crippen LogP contribution is -2.24. The summed E-state index contributed by atoms with van der Waals surface area (Å²) < 4.78 is 2.15. The summed E-state index contributed by atoms with van der Waals surface area (Å²) in [6.45, 7) is 6.45. The first-order valence-corrected chi connectivity index (χ1v) is 10.7. The molecule has 1 aliphatic carbocycles. The molecule has 0 aliphatic heterocycles. The Kier molecular flexibility index (Phi) is 5.45. The predicted molar refractivity (Wildman–Crippen MR) is 115 cm³/mol. The number of hydrogen-bond acceptors (Lipinski definition) is 1. The Labute approximate surface area is 164 Å². The zero-order valence-corrected chi connectivity index (χ0v) is 16.9. The van der Waals surface area contributed by atoms with Crippen molar-refractivity contribution in [1.82, 2.24) is 9.78 Å². The molecule has 1 aromatic heterocycles. The normalized spacial score (nSPS) is 16.9. The quantitative estimate of drug-likeness (QED) is 0.582. The topological polar surface area (TPSA) is 17.8 Å². The molecule has 1 heterocycles. The van der Waals surface area contributed by atoms with Crippen LogP contribution in [0.2, 0.25) is 0 Å². The molecule has 2 nitrogen and oxygen atoms in total. The third-order valence-corrected chi connectivity index (χ3v) is 7.48. The Morgan fingerprint density at radius 1 is 0.852 bits per heavy atom. The summed E-state index contributed by atoms with van der Waals surface area (Å²) in [6.07, 6.45) is 6.75. The van der Waals surface area contributed by atoms with Crippen LogP contribution in [0.25, 0.3) is 0 Å². The second kappa shape index (κ2) is 7.98. The molecule has 3 aromatic rings. The minimum absolute atomic E-state index is 0.209. The highest BCUT2D eigenvalue weighted by atomic mass is 31.1. The number of rotatable bonds is 5. The Morgan fingerprint density at radius 3 is 1.96 bits per heavy atom. The highest BCUT2D eigenvalue weighted by molar-refractivity contribution is 7.76. The fourth-order valence-electron chi connectivity index (χ4n) is 3.73. The molecular weight excluding hydrogens is 347 g/mol. The van der Waals surface area contributed by atoms with Gasteiger partial charge < -0.3 is 0 Å². The van der Waals surface area contributed by atoms with E-state index >= 15 is 0 Å². The Hall–Kier alpha value is -1.92. The van der Waals surface area contributed by atoms with Crippen LogP contribution in [0.1, 0.15) is 24.4 Å². The van der Waals surface area contributed by atoms with Crippen molar-refractivity contribution in [2.75, 3.05) is 0 Å². The standard InChI is InChI=1S/C24H24N2P/c1-18-17-19(2)26(25-18)20(3)23-15-10-16-24(23)27(21-11-6-4-7-12-21)22-13-8-5-9-14-22/h4-17,20H,1-3H3/t20-/m0/s1. The van der Waals surface area contributed by atoms with Gasteiger partial charge >= 0.3 is 0 Å². The fourth-order valence-corrected chi connectivity index (χ4v) is 6.28. The number of benzene rings is 2. The molecule has 27 heavy (non-hydrogen) atoms. The van der Waals surface area contributed by atoms with Gasteiger partial charge in [0.05, 0.1) is 11.7 Å². The van der Waals surface area contributed by atoms with E-state index in [9.17, 15) is 0 Å². The van der Waals surface area contributed by atoms with E-state index in [-0.39, 0.29) is 6.04 Å². The van der Waals surface area contributed by atoms with E-state index in [1.165, 1.54) is 27.9 Å². The zero-order chi connectivity index (χ0) is 18.8. The van der Waals surface area contributed by atoms with Crippen molar-refractivity contribution in [3.63, 3.8) is 0 Å². The zero-order valence-electron chi connectivity index (χ0n) is 16.0. The third-order valence-electron chi connectivity index (χ3n) is 4.96. The number of nitrogens with zero attached hydrogens (tertiary/aromatic N) is 2. The van der Waals surface area contributed by atoms with E-state index in [2.05, 4.69) is 111 Å². The van der Waals surface area contributed by atoms with Crippen molar-refractivity contribution in [2.45, 2.75) is 26.8 Å². The van der Waals surface area contributed by atoms with Crippen molar-refractivity contribution < 1.29 is 0 Å². The minimum Gasteiger partial charge on any atom is -0.266 e. The van der Waals surface area contributed by atoms with E-state index in [1.807, 2.05) is 0 Å². The molecule has 135 valence electrons. The molecule has 0 bridgehead atoms. The molecule has 0 saturated heterocycles. The van der Waals surface area contributed by atoms with Crippen LogP contribution in [-0.4, -0.2) is 9.78 Å². The second-order valence-electron chi connectivity index (χ2n) is 6.92. The number of aromatic nitrogens is 2. The molecule has 3 heteroatoms. The summed E-state index contributed by atoms with van der Waals surface area (Å²) in [5.74, 6) is 1.36. The Morgan fingerprint density at radius 2 is 1.44 bits per heavy atom. The minimum atomic E-state index is -0.597. The van der Waals surface area contributed by atoms with Gasteiger partial charge in [0.1, 0.15) is 0 Å². The molecule has 5 radical (unpaired) electrons. The lowest BCUT2D eigenvalue weighted by atomic mass is 9.99. The average Bonchev–Trinajstić information content (AvgIpc) is 3.29. The summed E-state index contributed by atoms with van der Waals surface area (Å²) >= 11 is 0. The van der Waals surface area contributed by atoms with E-state index < -0.39 is 7.92 Å². The monoisotopic (exact) mass is 371 g/mol. The molecule has 4 rings (SSSR count). The van der Waals surface area contributed by atoms with E-state index in [1.54, 1.807) is 0 Å². The molecule has 0 N–H and O–H groups in total. The first-order valence-electron chi connectivity index (χ1n) is 9.33. The van der Waals surface area contributed by atoms with Crippen molar-refractivity contribution in [3.05, 3.63) is 109 Å². The molecule has 1 atom stereocenters. The SMILES string of the molecule is Cc1cc(C)n([C@@H](C)[C]2[CH][CH][CH][C]2P(c2ccccc2)c2ccccc2)n1. The second-order valence-corrected chi connectivity index (χ2v) is 9.11. The Bertz CT molecular complexity index is 832. The molecule has 0 amide bonds. The van der Waals surface area contributed by atoms with Crippen molar-refractivity contribution >= 4 is 18.5 Å². The van der Waals surface area contributed by atoms with Crippen molar-refractivity contribution in [3.8, 4) is 0 Å². The summed E-state index contributed by atoms with van der Waals surface area (Å²) in [5.41, 5.74) is 3.69. The number of hydrogen-bond donors (Lipinski definition) is 0. The van der Waals surface area contributed by atoms with E-state index in [0.29, 0.717) is 0 Å². The molecule has 0 unspecified atom stereocenters. The van der Waals surface area contributed by atoms with Crippen molar-refractivity contribution in [1.29, 1.82) is 0 Å². The van der Waals surface area contributed by atoms with Crippen LogP contribution in [-0.2, 0) is 0 Å². The van der Waals surface area contributed by atoms with Gasteiger partial charge in [-0.3, -0.25) is 4.68 Å². The summed E-state index contributed by atoms with van der Waals surface area (Å²) in [4.78, 5) is 0. The molecule has 1 aliphatic rings. The van der Waals surface area contributed by atoms with Crippen LogP contribution in [0.5, 0.6) is 0 Å². The van der Waals surface area contributed by atoms with Crippen LogP contribution in [0.4, 0.5) is 0 Å². The van der Waals surface area contributed by atoms with Gasteiger partial charge in [-0.15, -0.1) is 0 Å². The molecule has 1 fully saturated rings. The smallest absolute Gasteiger partial charge is 0.0596 e. The molecule has 0 spiro atoms. The summed E-state index contributed by atoms with van der Waals surface area (Å²) in [6, 6.07) is 24.1. The van der Waals surface area contributed by atoms with Gasteiger partial charge in [-0.25, -0.2) is 0 Å². The predicted octanol–water partition coefficient (Wildman–Crippen LogP) is 4.93. The molecule has 2 aromatic carbocycles. The van der Waals surface area contributed by atoms with Gasteiger partial charge in [0.15, 0.2) is 0 Å².